The van der Waals surface area contributed by atoms with Gasteiger partial charge in [0.2, 0.25) is 5.13 Å². The van der Waals surface area contributed by atoms with Crippen LogP contribution in [0.2, 0.25) is 0 Å². The number of amidine groups is 1. The van der Waals surface area contributed by atoms with Crippen molar-refractivity contribution >= 4 is 45.4 Å². The van der Waals surface area contributed by atoms with Gasteiger partial charge in [-0.2, -0.15) is 4.99 Å². The molecule has 0 N–H and O–H groups in total. The van der Waals surface area contributed by atoms with Crippen LogP contribution in [0.4, 0.5) is 5.13 Å². The molecule has 0 atom stereocenters. The first kappa shape index (κ1) is 20.9. The number of thiazole rings is 1. The van der Waals surface area contributed by atoms with E-state index in [0.29, 0.717) is 15.8 Å². The van der Waals surface area contributed by atoms with Crippen LogP contribution in [0.15, 0.2) is 33.5 Å². The van der Waals surface area contributed by atoms with Gasteiger partial charge in [-0.15, -0.1) is 11.3 Å². The molecule has 0 radical (unpaired) electrons. The summed E-state index contributed by atoms with van der Waals surface area (Å²) in [7, 11) is 3.25. The van der Waals surface area contributed by atoms with E-state index in [-0.39, 0.29) is 11.9 Å². The highest BCUT2D eigenvalue weighted by Gasteiger charge is 2.39. The number of aryl methyl sites for hydroxylation is 1. The van der Waals surface area contributed by atoms with Crippen molar-refractivity contribution in [3.63, 3.8) is 0 Å². The van der Waals surface area contributed by atoms with Crippen LogP contribution in [0.3, 0.4) is 0 Å². The summed E-state index contributed by atoms with van der Waals surface area (Å²) >= 11 is 2.91. The summed E-state index contributed by atoms with van der Waals surface area (Å²) in [5, 5.41) is 3.38. The lowest BCUT2D eigenvalue weighted by molar-refractivity contribution is -0.124. The Morgan fingerprint density at radius 2 is 2.00 bits per heavy atom. The van der Waals surface area contributed by atoms with E-state index in [0.717, 1.165) is 47.9 Å². The highest BCUT2D eigenvalue weighted by molar-refractivity contribution is 8.18. The molecule has 0 spiro atoms. The van der Waals surface area contributed by atoms with Gasteiger partial charge in [0.25, 0.3) is 5.91 Å². The van der Waals surface area contributed by atoms with Crippen molar-refractivity contribution < 1.29 is 14.3 Å². The lowest BCUT2D eigenvalue weighted by atomic mass is 9.94. The van der Waals surface area contributed by atoms with Crippen LogP contribution in [-0.4, -0.2) is 41.2 Å². The third kappa shape index (κ3) is 4.39. The van der Waals surface area contributed by atoms with Gasteiger partial charge in [0.05, 0.1) is 24.8 Å². The third-order valence-corrected chi connectivity index (χ3v) is 7.13. The van der Waals surface area contributed by atoms with Gasteiger partial charge in [-0.05, 0) is 55.8 Å². The van der Waals surface area contributed by atoms with E-state index in [9.17, 15) is 4.79 Å². The second-order valence-electron chi connectivity index (χ2n) is 7.35. The van der Waals surface area contributed by atoms with Crippen LogP contribution < -0.4 is 9.47 Å². The van der Waals surface area contributed by atoms with E-state index in [2.05, 4.69) is 4.98 Å². The molecule has 1 aliphatic heterocycles. The molecule has 0 bridgehead atoms. The van der Waals surface area contributed by atoms with Gasteiger partial charge in [-0.3, -0.25) is 9.69 Å². The van der Waals surface area contributed by atoms with E-state index < -0.39 is 0 Å². The van der Waals surface area contributed by atoms with Crippen molar-refractivity contribution in [3.8, 4) is 11.5 Å². The molecule has 158 valence electrons. The minimum Gasteiger partial charge on any atom is -0.497 e. The van der Waals surface area contributed by atoms with Crippen LogP contribution in [0, 0.1) is 6.92 Å². The lowest BCUT2D eigenvalue weighted by Gasteiger charge is -2.30. The Labute approximate surface area is 185 Å². The molecular weight excluding hydrogens is 418 g/mol. The number of aliphatic imine (C=N–C) groups is 1. The van der Waals surface area contributed by atoms with Crippen LogP contribution >= 0.6 is 23.1 Å². The summed E-state index contributed by atoms with van der Waals surface area (Å²) in [6, 6.07) is 5.76. The zero-order chi connectivity index (χ0) is 21.1. The van der Waals surface area contributed by atoms with Crippen molar-refractivity contribution in [2.45, 2.75) is 45.1 Å². The Morgan fingerprint density at radius 3 is 2.67 bits per heavy atom. The van der Waals surface area contributed by atoms with Crippen LogP contribution in [0.5, 0.6) is 11.5 Å². The fraction of sp³-hybridized carbons (Fsp3) is 0.409. The van der Waals surface area contributed by atoms with Gasteiger partial charge in [-0.25, -0.2) is 4.98 Å². The third-order valence-electron chi connectivity index (χ3n) is 5.30. The van der Waals surface area contributed by atoms with Crippen LogP contribution in [0.1, 0.15) is 43.4 Å². The van der Waals surface area contributed by atoms with E-state index in [1.165, 1.54) is 29.5 Å². The minimum absolute atomic E-state index is 0.00352. The van der Waals surface area contributed by atoms with Gasteiger partial charge in [0.15, 0.2) is 5.17 Å². The number of methoxy groups -OCH3 is 2. The Hall–Kier alpha value is -2.32. The first-order valence-electron chi connectivity index (χ1n) is 10.0. The van der Waals surface area contributed by atoms with E-state index in [1.54, 1.807) is 14.2 Å². The summed E-state index contributed by atoms with van der Waals surface area (Å²) in [5.74, 6) is 1.42. The lowest BCUT2D eigenvalue weighted by Crippen LogP contribution is -2.40. The number of rotatable bonds is 5. The zero-order valence-corrected chi connectivity index (χ0v) is 19.0. The Kier molecular flexibility index (Phi) is 6.43. The quantitative estimate of drug-likeness (QED) is 0.579. The average molecular weight is 444 g/mol. The van der Waals surface area contributed by atoms with Gasteiger partial charge >= 0.3 is 0 Å². The largest absolute Gasteiger partial charge is 0.497 e. The van der Waals surface area contributed by atoms with Gasteiger partial charge in [-0.1, -0.05) is 19.3 Å². The number of carbonyl (C=O) groups is 1. The maximum absolute atomic E-state index is 13.4. The maximum Gasteiger partial charge on any atom is 0.267 e. The Bertz CT molecular complexity index is 993. The molecule has 4 rings (SSSR count). The molecule has 1 aromatic carbocycles. The van der Waals surface area contributed by atoms with Crippen molar-refractivity contribution in [1.29, 1.82) is 0 Å². The zero-order valence-electron chi connectivity index (χ0n) is 17.4. The number of benzene rings is 1. The summed E-state index contributed by atoms with van der Waals surface area (Å²) in [5.41, 5.74) is 1.75. The summed E-state index contributed by atoms with van der Waals surface area (Å²) in [6.07, 6.45) is 7.42. The maximum atomic E-state index is 13.4. The number of aromatic nitrogens is 1. The van der Waals surface area contributed by atoms with Gasteiger partial charge < -0.3 is 9.47 Å². The molecule has 2 fully saturated rings. The van der Waals surface area contributed by atoms with Gasteiger partial charge in [0.1, 0.15) is 11.5 Å². The predicted octanol–water partition coefficient (Wildman–Crippen LogP) is 5.41. The summed E-state index contributed by atoms with van der Waals surface area (Å²) < 4.78 is 10.8. The second-order valence-corrected chi connectivity index (χ2v) is 9.20. The monoisotopic (exact) mass is 443 g/mol. The standard InChI is InChI=1S/C22H25N3O3S2/c1-14-13-29-21(23-14)24-22-25(16-7-5-4-6-8-16)20(26)19(30-22)12-15-11-17(27-2)9-10-18(15)28-3/h9-13,16H,4-8H2,1-3H3/b19-12-,24-22+. The SMILES string of the molecule is COc1ccc(OC)c(/C=C2\S/C(=N/c3nc(C)cs3)N(C3CCCCC3)C2=O)c1. The average Bonchev–Trinajstić information content (AvgIpc) is 3.31. The molecule has 1 saturated heterocycles. The minimum atomic E-state index is 0.00352. The molecule has 1 saturated carbocycles. The molecule has 2 aromatic rings. The number of hydrogen-bond donors (Lipinski definition) is 0. The molecule has 8 heteroatoms. The highest BCUT2D eigenvalue weighted by atomic mass is 32.2. The number of hydrogen-bond acceptors (Lipinski definition) is 7. The summed E-state index contributed by atoms with van der Waals surface area (Å²) in [6.45, 7) is 1.95. The fourth-order valence-corrected chi connectivity index (χ4v) is 5.55. The molecule has 6 nitrogen and oxygen atoms in total. The van der Waals surface area contributed by atoms with E-state index >= 15 is 0 Å². The number of thioether (sulfide) groups is 1. The van der Waals surface area contributed by atoms with Crippen molar-refractivity contribution in [2.75, 3.05) is 14.2 Å². The van der Waals surface area contributed by atoms with Crippen molar-refractivity contribution in [1.82, 2.24) is 9.88 Å². The smallest absolute Gasteiger partial charge is 0.267 e. The first-order valence-corrected chi connectivity index (χ1v) is 11.7. The number of ether oxygens (including phenoxy) is 2. The molecule has 2 aliphatic rings. The topological polar surface area (TPSA) is 64.0 Å². The van der Waals surface area contributed by atoms with Crippen molar-refractivity contribution in [2.24, 2.45) is 4.99 Å². The molecule has 0 unspecified atom stereocenters. The Morgan fingerprint density at radius 1 is 1.20 bits per heavy atom. The van der Waals surface area contributed by atoms with E-state index in [1.807, 2.05) is 41.5 Å². The molecular formula is C22H25N3O3S2. The highest BCUT2D eigenvalue weighted by Crippen LogP contribution is 2.40. The normalized spacial score (nSPS) is 20.4. The molecule has 1 aromatic heterocycles. The van der Waals surface area contributed by atoms with E-state index in [4.69, 9.17) is 14.5 Å². The predicted molar refractivity (Wildman–Crippen MR) is 123 cm³/mol. The van der Waals surface area contributed by atoms with Crippen LogP contribution in [0.25, 0.3) is 6.08 Å². The van der Waals surface area contributed by atoms with Crippen LogP contribution in [-0.2, 0) is 4.79 Å². The molecule has 1 aliphatic carbocycles. The second kappa shape index (κ2) is 9.22. The number of nitrogens with zero attached hydrogens (tertiary/aromatic N) is 3. The summed E-state index contributed by atoms with van der Waals surface area (Å²) in [4.78, 5) is 25.2. The number of amides is 1. The Balaban J connectivity index is 1.72. The number of carbonyl (C=O) groups excluding carboxylic acids is 1. The first-order chi connectivity index (χ1) is 14.6. The molecule has 2 heterocycles. The molecule has 1 amide bonds. The van der Waals surface area contributed by atoms with Crippen molar-refractivity contribution in [3.05, 3.63) is 39.7 Å². The van der Waals surface area contributed by atoms with Gasteiger partial charge in [0, 0.05) is 17.0 Å². The molecule has 30 heavy (non-hydrogen) atoms. The fourth-order valence-electron chi connectivity index (χ4n) is 3.79.